The monoisotopic (exact) mass is 382 g/mol. The molecule has 0 aliphatic carbocycles. The van der Waals surface area contributed by atoms with E-state index in [1.807, 2.05) is 30.3 Å². The van der Waals surface area contributed by atoms with Gasteiger partial charge in [-0.3, -0.25) is 9.89 Å². The van der Waals surface area contributed by atoms with Crippen LogP contribution in [0.15, 0.2) is 54.6 Å². The van der Waals surface area contributed by atoms with Crippen LogP contribution in [0.5, 0.6) is 0 Å². The topological polar surface area (TPSA) is 105 Å². The molecule has 0 radical (unpaired) electrons. The summed E-state index contributed by atoms with van der Waals surface area (Å²) in [5, 5.41) is 9.37. The fraction of sp³-hybridized carbons (Fsp3) is 0.158. The van der Waals surface area contributed by atoms with Crippen LogP contribution in [0.1, 0.15) is 33.1 Å². The quantitative estimate of drug-likeness (QED) is 0.497. The van der Waals surface area contributed by atoms with E-state index in [2.05, 4.69) is 20.5 Å². The summed E-state index contributed by atoms with van der Waals surface area (Å²) < 4.78 is 23.4. The van der Waals surface area contributed by atoms with Gasteiger partial charge in [0.15, 0.2) is 5.82 Å². The zero-order valence-corrected chi connectivity index (χ0v) is 15.5. The van der Waals surface area contributed by atoms with Gasteiger partial charge >= 0.3 is 0 Å². The lowest BCUT2D eigenvalue weighted by molar-refractivity contribution is 0.0954. The number of aromatic nitrogens is 3. The van der Waals surface area contributed by atoms with Crippen LogP contribution < -0.4 is 5.32 Å². The molecular weight excluding hydrogens is 364 g/mol. The molecule has 0 unspecified atom stereocenters. The summed E-state index contributed by atoms with van der Waals surface area (Å²) in [7, 11) is -2.55. The molecule has 138 valence electrons. The Hall–Kier alpha value is -3.26. The van der Waals surface area contributed by atoms with Gasteiger partial charge in [-0.25, -0.2) is 4.98 Å². The number of hydrogen-bond donors (Lipinski definition) is 2. The highest BCUT2D eigenvalue weighted by molar-refractivity contribution is 7.73. The van der Waals surface area contributed by atoms with Gasteiger partial charge in [0.1, 0.15) is 10.7 Å². The van der Waals surface area contributed by atoms with E-state index >= 15 is 0 Å². The lowest BCUT2D eigenvalue weighted by Crippen LogP contribution is -2.26. The maximum absolute atomic E-state index is 12.4. The zero-order chi connectivity index (χ0) is 19.2. The standard InChI is InChI=1S/C19H18N4O3S/c1-13-21-18(23-22-13)17(27(25)26)15-8-5-9-16(12-15)19(24)20-11-10-14-6-3-2-4-7-14/h2-9,12H,10-11H2,1H3,(H,20,24)(H,21,22,23). The lowest BCUT2D eigenvalue weighted by atomic mass is 10.1. The van der Waals surface area contributed by atoms with E-state index in [9.17, 15) is 13.2 Å². The molecule has 0 aliphatic heterocycles. The molecule has 3 rings (SSSR count). The molecular formula is C19H18N4O3S. The van der Waals surface area contributed by atoms with E-state index in [1.54, 1.807) is 25.1 Å². The summed E-state index contributed by atoms with van der Waals surface area (Å²) in [5.74, 6) is 0.306. The smallest absolute Gasteiger partial charge is 0.251 e. The third-order valence-electron chi connectivity index (χ3n) is 3.90. The van der Waals surface area contributed by atoms with Crippen molar-refractivity contribution in [3.63, 3.8) is 0 Å². The molecule has 0 spiro atoms. The van der Waals surface area contributed by atoms with Crippen molar-refractivity contribution in [3.05, 3.63) is 82.9 Å². The molecule has 1 aromatic heterocycles. The number of H-pyrrole nitrogens is 1. The van der Waals surface area contributed by atoms with Gasteiger partial charge < -0.3 is 5.32 Å². The van der Waals surface area contributed by atoms with Crippen molar-refractivity contribution >= 4 is 21.1 Å². The molecule has 0 fully saturated rings. The summed E-state index contributed by atoms with van der Waals surface area (Å²) in [6.45, 7) is 2.16. The van der Waals surface area contributed by atoms with E-state index in [0.29, 0.717) is 29.9 Å². The average molecular weight is 382 g/mol. The predicted molar refractivity (Wildman–Crippen MR) is 102 cm³/mol. The van der Waals surface area contributed by atoms with E-state index in [4.69, 9.17) is 0 Å². The number of aryl methyl sites for hydroxylation is 1. The number of carbonyl (C=O) groups excluding carboxylic acids is 1. The van der Waals surface area contributed by atoms with Crippen molar-refractivity contribution in [2.45, 2.75) is 13.3 Å². The lowest BCUT2D eigenvalue weighted by Gasteiger charge is -2.07. The SMILES string of the molecule is Cc1nc(C(c2cccc(C(=O)NCCc3ccccc3)c2)=S(=O)=O)n[nH]1. The summed E-state index contributed by atoms with van der Waals surface area (Å²) in [5.41, 5.74) is 1.86. The second kappa shape index (κ2) is 8.41. The van der Waals surface area contributed by atoms with Crippen molar-refractivity contribution in [3.8, 4) is 0 Å². The number of hydrogen-bond acceptors (Lipinski definition) is 5. The number of nitrogens with zero attached hydrogens (tertiary/aromatic N) is 2. The van der Waals surface area contributed by atoms with Gasteiger partial charge in [-0.05, 0) is 31.0 Å². The normalized spacial score (nSPS) is 10.4. The first-order valence-corrected chi connectivity index (χ1v) is 9.40. The Morgan fingerprint density at radius 1 is 1.07 bits per heavy atom. The second-order valence-electron chi connectivity index (χ2n) is 5.88. The molecule has 0 bridgehead atoms. The summed E-state index contributed by atoms with van der Waals surface area (Å²) in [6.07, 6.45) is 0.713. The minimum absolute atomic E-state index is 0.0571. The Bertz CT molecular complexity index is 1080. The Kier molecular flexibility index (Phi) is 5.77. The summed E-state index contributed by atoms with van der Waals surface area (Å²) in [4.78, 5) is 16.4. The number of nitrogens with one attached hydrogen (secondary N) is 2. The van der Waals surface area contributed by atoms with Crippen LogP contribution in [-0.4, -0.2) is 40.9 Å². The van der Waals surface area contributed by atoms with Crippen LogP contribution >= 0.6 is 0 Å². The molecule has 7 nitrogen and oxygen atoms in total. The van der Waals surface area contributed by atoms with Crippen LogP contribution in [-0.2, 0) is 16.7 Å². The molecule has 27 heavy (non-hydrogen) atoms. The van der Waals surface area contributed by atoms with Gasteiger partial charge in [0.25, 0.3) is 5.91 Å². The van der Waals surface area contributed by atoms with Gasteiger partial charge in [-0.1, -0.05) is 42.5 Å². The Balaban J connectivity index is 1.76. The average Bonchev–Trinajstić information content (AvgIpc) is 3.08. The molecule has 1 amide bonds. The molecule has 2 N–H and O–H groups in total. The van der Waals surface area contributed by atoms with Crippen LogP contribution in [0.4, 0.5) is 0 Å². The number of carbonyl (C=O) groups is 1. The number of rotatable bonds is 6. The molecule has 0 saturated heterocycles. The van der Waals surface area contributed by atoms with Gasteiger partial charge in [0.05, 0.1) is 0 Å². The molecule has 8 heteroatoms. The maximum atomic E-state index is 12.4. The second-order valence-corrected chi connectivity index (χ2v) is 6.76. The molecule has 3 aromatic rings. The number of benzene rings is 2. The van der Waals surface area contributed by atoms with Gasteiger partial charge in [0.2, 0.25) is 10.3 Å². The van der Waals surface area contributed by atoms with Crippen LogP contribution in [0.3, 0.4) is 0 Å². The van der Waals surface area contributed by atoms with Gasteiger partial charge in [-0.15, -0.1) is 0 Å². The summed E-state index contributed by atoms with van der Waals surface area (Å²) in [6, 6.07) is 16.2. The Morgan fingerprint density at radius 2 is 1.81 bits per heavy atom. The molecule has 0 saturated carbocycles. The Morgan fingerprint density at radius 3 is 2.48 bits per heavy atom. The molecule has 0 aliphatic rings. The first-order valence-electron chi connectivity index (χ1n) is 8.33. The van der Waals surface area contributed by atoms with Gasteiger partial charge in [-0.2, -0.15) is 13.5 Å². The van der Waals surface area contributed by atoms with E-state index in [1.165, 1.54) is 6.07 Å². The van der Waals surface area contributed by atoms with Crippen molar-refractivity contribution in [1.29, 1.82) is 0 Å². The highest BCUT2D eigenvalue weighted by Gasteiger charge is 2.16. The molecule has 1 heterocycles. The van der Waals surface area contributed by atoms with E-state index in [0.717, 1.165) is 5.56 Å². The van der Waals surface area contributed by atoms with E-state index < -0.39 is 10.3 Å². The maximum Gasteiger partial charge on any atom is 0.251 e. The highest BCUT2D eigenvalue weighted by atomic mass is 32.2. The van der Waals surface area contributed by atoms with Crippen LogP contribution in [0.2, 0.25) is 0 Å². The van der Waals surface area contributed by atoms with Crippen LogP contribution in [0.25, 0.3) is 0 Å². The number of aromatic amines is 1. The minimum atomic E-state index is -2.55. The highest BCUT2D eigenvalue weighted by Crippen LogP contribution is 2.10. The fourth-order valence-electron chi connectivity index (χ4n) is 2.61. The largest absolute Gasteiger partial charge is 0.352 e. The van der Waals surface area contributed by atoms with Crippen molar-refractivity contribution in [1.82, 2.24) is 20.5 Å². The first-order chi connectivity index (χ1) is 13.0. The fourth-order valence-corrected chi connectivity index (χ4v) is 3.17. The molecule has 2 aromatic carbocycles. The Labute approximate surface area is 158 Å². The minimum Gasteiger partial charge on any atom is -0.352 e. The molecule has 0 atom stereocenters. The predicted octanol–water partition coefficient (Wildman–Crippen LogP) is 1.53. The van der Waals surface area contributed by atoms with E-state index in [-0.39, 0.29) is 16.6 Å². The van der Waals surface area contributed by atoms with Crippen molar-refractivity contribution in [2.24, 2.45) is 0 Å². The third kappa shape index (κ3) is 4.68. The third-order valence-corrected chi connectivity index (χ3v) is 4.65. The number of amides is 1. The summed E-state index contributed by atoms with van der Waals surface area (Å²) >= 11 is 0. The van der Waals surface area contributed by atoms with Crippen molar-refractivity contribution in [2.75, 3.05) is 6.54 Å². The van der Waals surface area contributed by atoms with Crippen LogP contribution in [0, 0.1) is 6.92 Å². The van der Waals surface area contributed by atoms with Gasteiger partial charge in [0, 0.05) is 17.7 Å². The van der Waals surface area contributed by atoms with Crippen molar-refractivity contribution < 1.29 is 13.2 Å². The first kappa shape index (κ1) is 18.5. The zero-order valence-electron chi connectivity index (χ0n) is 14.6.